The van der Waals surface area contributed by atoms with Crippen LogP contribution in [0.25, 0.3) is 5.69 Å². The van der Waals surface area contributed by atoms with Gasteiger partial charge in [-0.05, 0) is 29.8 Å². The van der Waals surface area contributed by atoms with Crippen molar-refractivity contribution in [2.75, 3.05) is 12.4 Å². The zero-order chi connectivity index (χ0) is 18.5. The van der Waals surface area contributed by atoms with Gasteiger partial charge in [-0.3, -0.25) is 4.98 Å². The maximum Gasteiger partial charge on any atom is 0.123 e. The maximum atomic E-state index is 5.49. The molecule has 0 bridgehead atoms. The van der Waals surface area contributed by atoms with Crippen LogP contribution >= 0.6 is 0 Å². The number of pyridine rings is 1. The summed E-state index contributed by atoms with van der Waals surface area (Å²) in [5.74, 6) is 0.762. The van der Waals surface area contributed by atoms with E-state index in [0.29, 0.717) is 0 Å². The van der Waals surface area contributed by atoms with E-state index in [-0.39, 0.29) is 6.04 Å². The van der Waals surface area contributed by atoms with E-state index in [1.165, 1.54) is 0 Å². The van der Waals surface area contributed by atoms with E-state index in [9.17, 15) is 0 Å². The number of nitrogens with one attached hydrogen (secondary N) is 1. The lowest BCUT2D eigenvalue weighted by Crippen LogP contribution is -2.14. The predicted molar refractivity (Wildman–Crippen MR) is 106 cm³/mol. The highest BCUT2D eigenvalue weighted by Crippen LogP contribution is 2.29. The van der Waals surface area contributed by atoms with Crippen molar-refractivity contribution in [3.05, 3.63) is 103 Å². The number of rotatable bonds is 6. The summed E-state index contributed by atoms with van der Waals surface area (Å²) in [4.78, 5) is 4.56. The minimum atomic E-state index is -0.0787. The molecule has 1 N–H and O–H groups in total. The molecule has 0 aliphatic heterocycles. The van der Waals surface area contributed by atoms with Crippen LogP contribution in [0.1, 0.15) is 17.3 Å². The molecule has 5 heteroatoms. The third kappa shape index (κ3) is 3.82. The number of hydrogen-bond acceptors (Lipinski definition) is 4. The average Bonchev–Trinajstić information content (AvgIpc) is 3.28. The summed E-state index contributed by atoms with van der Waals surface area (Å²) in [6.07, 6.45) is 5.48. The highest BCUT2D eigenvalue weighted by molar-refractivity contribution is 5.58. The Morgan fingerprint density at radius 2 is 1.78 bits per heavy atom. The molecule has 27 heavy (non-hydrogen) atoms. The first-order valence-corrected chi connectivity index (χ1v) is 8.75. The van der Waals surface area contributed by atoms with Gasteiger partial charge in [-0.1, -0.05) is 36.4 Å². The minimum Gasteiger partial charge on any atom is -0.497 e. The SMILES string of the molecule is COc1cc(NC(c2ccccc2)c2ccccn2)cc(-n2cccn2)c1. The Morgan fingerprint density at radius 1 is 0.926 bits per heavy atom. The second kappa shape index (κ2) is 7.74. The molecule has 2 aromatic carbocycles. The van der Waals surface area contributed by atoms with Gasteiger partial charge in [0.2, 0.25) is 0 Å². The van der Waals surface area contributed by atoms with Gasteiger partial charge in [0, 0.05) is 36.4 Å². The maximum absolute atomic E-state index is 5.49. The van der Waals surface area contributed by atoms with Crippen LogP contribution in [0.5, 0.6) is 5.75 Å². The number of anilines is 1. The normalized spacial score (nSPS) is 11.7. The zero-order valence-electron chi connectivity index (χ0n) is 15.0. The Bertz CT molecular complexity index is 946. The number of ether oxygens (including phenoxy) is 1. The molecule has 0 saturated heterocycles. The molecule has 4 rings (SSSR count). The monoisotopic (exact) mass is 356 g/mol. The van der Waals surface area contributed by atoms with Gasteiger partial charge in [-0.2, -0.15) is 5.10 Å². The predicted octanol–water partition coefficient (Wildman–Crippen LogP) is 4.48. The fraction of sp³-hybridized carbons (Fsp3) is 0.0909. The summed E-state index contributed by atoms with van der Waals surface area (Å²) in [5, 5.41) is 7.92. The summed E-state index contributed by atoms with van der Waals surface area (Å²) in [5.41, 5.74) is 3.95. The van der Waals surface area contributed by atoms with Crippen LogP contribution in [-0.4, -0.2) is 21.9 Å². The summed E-state index contributed by atoms with van der Waals surface area (Å²) in [6, 6.07) is 24.0. The van der Waals surface area contributed by atoms with Crippen molar-refractivity contribution in [1.82, 2.24) is 14.8 Å². The van der Waals surface area contributed by atoms with Crippen LogP contribution in [0, 0.1) is 0 Å². The highest BCUT2D eigenvalue weighted by Gasteiger charge is 2.16. The molecular weight excluding hydrogens is 336 g/mol. The first-order valence-electron chi connectivity index (χ1n) is 8.75. The molecule has 4 aromatic rings. The van der Waals surface area contributed by atoms with E-state index in [0.717, 1.165) is 28.4 Å². The molecule has 2 heterocycles. The zero-order valence-corrected chi connectivity index (χ0v) is 15.0. The van der Waals surface area contributed by atoms with Crippen LogP contribution in [0.2, 0.25) is 0 Å². The van der Waals surface area contributed by atoms with Crippen molar-refractivity contribution in [2.45, 2.75) is 6.04 Å². The number of benzene rings is 2. The van der Waals surface area contributed by atoms with Crippen molar-refractivity contribution in [3.63, 3.8) is 0 Å². The molecule has 2 aromatic heterocycles. The standard InChI is InChI=1S/C22H20N4O/c1-27-20-15-18(14-19(16-20)26-13-7-12-24-26)25-22(17-8-3-2-4-9-17)21-10-5-6-11-23-21/h2-16,22,25H,1H3. The third-order valence-corrected chi connectivity index (χ3v) is 4.32. The van der Waals surface area contributed by atoms with E-state index < -0.39 is 0 Å². The third-order valence-electron chi connectivity index (χ3n) is 4.32. The summed E-state index contributed by atoms with van der Waals surface area (Å²) < 4.78 is 7.30. The Balaban J connectivity index is 1.74. The van der Waals surface area contributed by atoms with E-state index in [1.807, 2.05) is 71.7 Å². The van der Waals surface area contributed by atoms with Crippen LogP contribution in [0.4, 0.5) is 5.69 Å². The van der Waals surface area contributed by atoms with Gasteiger partial charge >= 0.3 is 0 Å². The fourth-order valence-corrected chi connectivity index (χ4v) is 3.03. The first-order chi connectivity index (χ1) is 13.3. The van der Waals surface area contributed by atoms with Crippen LogP contribution in [0.3, 0.4) is 0 Å². The van der Waals surface area contributed by atoms with Crippen LogP contribution < -0.4 is 10.1 Å². The van der Waals surface area contributed by atoms with Crippen molar-refractivity contribution in [3.8, 4) is 11.4 Å². The second-order valence-electron chi connectivity index (χ2n) is 6.11. The van der Waals surface area contributed by atoms with Gasteiger partial charge < -0.3 is 10.1 Å². The number of aromatic nitrogens is 3. The molecule has 5 nitrogen and oxygen atoms in total. The Labute approximate surface area is 158 Å². The molecule has 0 amide bonds. The van der Waals surface area contributed by atoms with E-state index in [4.69, 9.17) is 4.74 Å². The molecule has 134 valence electrons. The molecule has 0 radical (unpaired) electrons. The van der Waals surface area contributed by atoms with Crippen molar-refractivity contribution >= 4 is 5.69 Å². The number of hydrogen-bond donors (Lipinski definition) is 1. The van der Waals surface area contributed by atoms with Gasteiger partial charge in [0.1, 0.15) is 5.75 Å². The lowest BCUT2D eigenvalue weighted by atomic mass is 10.0. The Morgan fingerprint density at radius 3 is 2.48 bits per heavy atom. The molecule has 0 fully saturated rings. The lowest BCUT2D eigenvalue weighted by molar-refractivity contribution is 0.414. The Hall–Kier alpha value is -3.60. The first kappa shape index (κ1) is 16.8. The van der Waals surface area contributed by atoms with E-state index in [1.54, 1.807) is 13.3 Å². The van der Waals surface area contributed by atoms with Crippen molar-refractivity contribution in [1.29, 1.82) is 0 Å². The van der Waals surface area contributed by atoms with Crippen LogP contribution in [0.15, 0.2) is 91.4 Å². The average molecular weight is 356 g/mol. The molecule has 0 aliphatic rings. The van der Waals surface area contributed by atoms with E-state index >= 15 is 0 Å². The lowest BCUT2D eigenvalue weighted by Gasteiger charge is -2.21. The molecule has 0 aliphatic carbocycles. The summed E-state index contributed by atoms with van der Waals surface area (Å²) in [7, 11) is 1.67. The van der Waals surface area contributed by atoms with Crippen LogP contribution in [-0.2, 0) is 0 Å². The molecular formula is C22H20N4O. The summed E-state index contributed by atoms with van der Waals surface area (Å²) >= 11 is 0. The van der Waals surface area contributed by atoms with Crippen molar-refractivity contribution < 1.29 is 4.74 Å². The van der Waals surface area contributed by atoms with Gasteiger partial charge in [0.25, 0.3) is 0 Å². The largest absolute Gasteiger partial charge is 0.497 e. The Kier molecular flexibility index (Phi) is 4.83. The van der Waals surface area contributed by atoms with Gasteiger partial charge in [-0.15, -0.1) is 0 Å². The molecule has 1 atom stereocenters. The minimum absolute atomic E-state index is 0.0787. The fourth-order valence-electron chi connectivity index (χ4n) is 3.03. The van der Waals surface area contributed by atoms with Crippen molar-refractivity contribution in [2.24, 2.45) is 0 Å². The van der Waals surface area contributed by atoms with Gasteiger partial charge in [0.15, 0.2) is 0 Å². The summed E-state index contributed by atoms with van der Waals surface area (Å²) in [6.45, 7) is 0. The smallest absolute Gasteiger partial charge is 0.123 e. The van der Waals surface area contributed by atoms with Gasteiger partial charge in [0.05, 0.1) is 24.5 Å². The molecule has 1 unspecified atom stereocenters. The second-order valence-corrected chi connectivity index (χ2v) is 6.11. The van der Waals surface area contributed by atoms with E-state index in [2.05, 4.69) is 33.6 Å². The molecule has 0 spiro atoms. The number of methoxy groups -OCH3 is 1. The molecule has 0 saturated carbocycles. The topological polar surface area (TPSA) is 52.0 Å². The quantitative estimate of drug-likeness (QED) is 0.553. The highest BCUT2D eigenvalue weighted by atomic mass is 16.5. The number of nitrogens with zero attached hydrogens (tertiary/aromatic N) is 3. The van der Waals surface area contributed by atoms with Gasteiger partial charge in [-0.25, -0.2) is 4.68 Å².